The Labute approximate surface area is 193 Å². The number of carbonyl (C=O) groups is 2. The SMILES string of the molecule is COCCCN1CCN(c2ccc(C[C@H](N)C(=O)Nc3cccc4[nH]ccc34)cc2)C(=O)C1. The van der Waals surface area contributed by atoms with Gasteiger partial charge in [0.05, 0.1) is 18.3 Å². The lowest BCUT2D eigenvalue weighted by Gasteiger charge is -2.34. The summed E-state index contributed by atoms with van der Waals surface area (Å²) in [5.41, 5.74) is 9.71. The summed E-state index contributed by atoms with van der Waals surface area (Å²) in [6.45, 7) is 3.50. The van der Waals surface area contributed by atoms with Crippen LogP contribution in [0.4, 0.5) is 11.4 Å². The van der Waals surface area contributed by atoms with Crippen LogP contribution in [0.3, 0.4) is 0 Å². The van der Waals surface area contributed by atoms with Crippen molar-refractivity contribution in [1.29, 1.82) is 0 Å². The Balaban J connectivity index is 1.31. The molecule has 0 unspecified atom stereocenters. The van der Waals surface area contributed by atoms with E-state index in [9.17, 15) is 9.59 Å². The van der Waals surface area contributed by atoms with Crippen LogP contribution >= 0.6 is 0 Å². The highest BCUT2D eigenvalue weighted by Gasteiger charge is 2.25. The molecule has 1 aromatic heterocycles. The van der Waals surface area contributed by atoms with Gasteiger partial charge in [0.15, 0.2) is 0 Å². The maximum absolute atomic E-state index is 12.7. The molecule has 8 nitrogen and oxygen atoms in total. The van der Waals surface area contributed by atoms with Gasteiger partial charge in [-0.3, -0.25) is 14.5 Å². The van der Waals surface area contributed by atoms with Crippen molar-refractivity contribution in [2.24, 2.45) is 5.73 Å². The summed E-state index contributed by atoms with van der Waals surface area (Å²) < 4.78 is 5.09. The van der Waals surface area contributed by atoms with E-state index in [-0.39, 0.29) is 11.8 Å². The van der Waals surface area contributed by atoms with Gasteiger partial charge in [-0.25, -0.2) is 0 Å². The number of amides is 2. The summed E-state index contributed by atoms with van der Waals surface area (Å²) in [6, 6.07) is 14.7. The van der Waals surface area contributed by atoms with Crippen LogP contribution in [-0.2, 0) is 20.7 Å². The summed E-state index contributed by atoms with van der Waals surface area (Å²) in [5.74, 6) is -0.131. The Morgan fingerprint density at radius 3 is 2.76 bits per heavy atom. The van der Waals surface area contributed by atoms with Gasteiger partial charge in [-0.2, -0.15) is 0 Å². The van der Waals surface area contributed by atoms with Crippen molar-refractivity contribution in [2.75, 3.05) is 50.1 Å². The average molecular weight is 450 g/mol. The van der Waals surface area contributed by atoms with Crippen LogP contribution in [0.5, 0.6) is 0 Å². The second-order valence-electron chi connectivity index (χ2n) is 8.38. The number of benzene rings is 2. The third kappa shape index (κ3) is 5.60. The van der Waals surface area contributed by atoms with Gasteiger partial charge in [0.1, 0.15) is 0 Å². The second-order valence-corrected chi connectivity index (χ2v) is 8.38. The fourth-order valence-electron chi connectivity index (χ4n) is 4.20. The number of ether oxygens (including phenoxy) is 1. The summed E-state index contributed by atoms with van der Waals surface area (Å²) in [6.07, 6.45) is 3.18. The van der Waals surface area contributed by atoms with E-state index in [1.54, 1.807) is 7.11 Å². The molecule has 2 heterocycles. The summed E-state index contributed by atoms with van der Waals surface area (Å²) in [7, 11) is 1.69. The lowest BCUT2D eigenvalue weighted by Crippen LogP contribution is -2.50. The van der Waals surface area contributed by atoms with Crippen LogP contribution in [0.1, 0.15) is 12.0 Å². The van der Waals surface area contributed by atoms with Gasteiger partial charge in [0.2, 0.25) is 11.8 Å². The molecule has 174 valence electrons. The standard InChI is InChI=1S/C25H31N5O3/c1-33-15-3-12-29-13-14-30(24(31)17-29)19-8-6-18(7-9-19)16-21(26)25(32)28-23-5-2-4-22-20(23)10-11-27-22/h2,4-11,21,27H,3,12-17,26H2,1H3,(H,28,32)/t21-/m0/s1. The van der Waals surface area contributed by atoms with Crippen molar-refractivity contribution in [3.05, 3.63) is 60.3 Å². The minimum absolute atomic E-state index is 0.0985. The Morgan fingerprint density at radius 2 is 2.00 bits per heavy atom. The molecule has 33 heavy (non-hydrogen) atoms. The Kier molecular flexibility index (Phi) is 7.39. The number of rotatable bonds is 9. The zero-order chi connectivity index (χ0) is 23.2. The van der Waals surface area contributed by atoms with E-state index >= 15 is 0 Å². The molecule has 1 saturated heterocycles. The van der Waals surface area contributed by atoms with E-state index in [1.807, 2.05) is 59.6 Å². The molecule has 4 N–H and O–H groups in total. The molecular formula is C25H31N5O3. The average Bonchev–Trinajstić information content (AvgIpc) is 3.30. The fourth-order valence-corrected chi connectivity index (χ4v) is 4.20. The van der Waals surface area contributed by atoms with E-state index in [2.05, 4.69) is 15.2 Å². The van der Waals surface area contributed by atoms with Gasteiger partial charge >= 0.3 is 0 Å². The highest BCUT2D eigenvalue weighted by Crippen LogP contribution is 2.23. The number of fused-ring (bicyclic) bond motifs is 1. The maximum Gasteiger partial charge on any atom is 0.241 e. The molecular weight excluding hydrogens is 418 g/mol. The van der Waals surface area contributed by atoms with Crippen molar-refractivity contribution in [3.8, 4) is 0 Å². The third-order valence-corrected chi connectivity index (χ3v) is 6.02. The van der Waals surface area contributed by atoms with Crippen LogP contribution in [0.15, 0.2) is 54.7 Å². The molecule has 3 aromatic rings. The summed E-state index contributed by atoms with van der Waals surface area (Å²) in [5, 5.41) is 3.88. The van der Waals surface area contributed by atoms with Crippen molar-refractivity contribution < 1.29 is 14.3 Å². The predicted octanol–water partition coefficient (Wildman–Crippen LogP) is 2.36. The molecule has 0 aliphatic carbocycles. The lowest BCUT2D eigenvalue weighted by molar-refractivity contribution is -0.121. The quantitative estimate of drug-likeness (QED) is 0.435. The lowest BCUT2D eigenvalue weighted by atomic mass is 10.0. The van der Waals surface area contributed by atoms with Crippen LogP contribution < -0.4 is 16.0 Å². The van der Waals surface area contributed by atoms with Gasteiger partial charge in [-0.15, -0.1) is 0 Å². The molecule has 0 spiro atoms. The molecule has 8 heteroatoms. The van der Waals surface area contributed by atoms with Crippen molar-refractivity contribution >= 4 is 34.1 Å². The van der Waals surface area contributed by atoms with Crippen molar-refractivity contribution in [2.45, 2.75) is 18.9 Å². The van der Waals surface area contributed by atoms with Crippen LogP contribution in [0.25, 0.3) is 10.9 Å². The Bertz CT molecular complexity index is 1090. The predicted molar refractivity (Wildman–Crippen MR) is 130 cm³/mol. The molecule has 2 aromatic carbocycles. The molecule has 4 rings (SSSR count). The number of hydrogen-bond acceptors (Lipinski definition) is 5. The molecule has 1 fully saturated rings. The first-order chi connectivity index (χ1) is 16.0. The monoisotopic (exact) mass is 449 g/mol. The summed E-state index contributed by atoms with van der Waals surface area (Å²) >= 11 is 0. The van der Waals surface area contributed by atoms with E-state index in [0.717, 1.165) is 47.4 Å². The zero-order valence-electron chi connectivity index (χ0n) is 18.9. The number of nitrogens with two attached hydrogens (primary N) is 1. The van der Waals surface area contributed by atoms with Crippen molar-refractivity contribution in [3.63, 3.8) is 0 Å². The molecule has 1 aliphatic heterocycles. The number of anilines is 2. The number of carbonyl (C=O) groups excluding carboxylic acids is 2. The number of H-pyrrole nitrogens is 1. The van der Waals surface area contributed by atoms with E-state index in [4.69, 9.17) is 10.5 Å². The molecule has 0 bridgehead atoms. The third-order valence-electron chi connectivity index (χ3n) is 6.02. The zero-order valence-corrected chi connectivity index (χ0v) is 18.9. The topological polar surface area (TPSA) is 104 Å². The number of hydrogen-bond donors (Lipinski definition) is 3. The first-order valence-corrected chi connectivity index (χ1v) is 11.3. The first-order valence-electron chi connectivity index (χ1n) is 11.3. The maximum atomic E-state index is 12.7. The highest BCUT2D eigenvalue weighted by atomic mass is 16.5. The van der Waals surface area contributed by atoms with Crippen LogP contribution in [-0.4, -0.2) is 67.6 Å². The van der Waals surface area contributed by atoms with Crippen LogP contribution in [0, 0.1) is 0 Å². The van der Waals surface area contributed by atoms with Gasteiger partial charge in [-0.1, -0.05) is 18.2 Å². The number of methoxy groups -OCH3 is 1. The van der Waals surface area contributed by atoms with E-state index < -0.39 is 6.04 Å². The Morgan fingerprint density at radius 1 is 1.18 bits per heavy atom. The van der Waals surface area contributed by atoms with Crippen molar-refractivity contribution in [1.82, 2.24) is 9.88 Å². The number of aromatic nitrogens is 1. The minimum atomic E-state index is -0.678. The molecule has 0 saturated carbocycles. The van der Waals surface area contributed by atoms with Gasteiger partial charge in [-0.05, 0) is 48.7 Å². The number of nitrogens with zero attached hydrogens (tertiary/aromatic N) is 2. The molecule has 1 atom stereocenters. The number of nitrogens with one attached hydrogen (secondary N) is 2. The Hall–Kier alpha value is -3.20. The van der Waals surface area contributed by atoms with E-state index in [0.29, 0.717) is 26.1 Å². The van der Waals surface area contributed by atoms with Gasteiger partial charge in [0.25, 0.3) is 0 Å². The van der Waals surface area contributed by atoms with E-state index in [1.165, 1.54) is 0 Å². The number of aromatic amines is 1. The first kappa shape index (κ1) is 23.0. The smallest absolute Gasteiger partial charge is 0.241 e. The number of piperazine rings is 1. The largest absolute Gasteiger partial charge is 0.385 e. The minimum Gasteiger partial charge on any atom is -0.385 e. The second kappa shape index (κ2) is 10.6. The van der Waals surface area contributed by atoms with Gasteiger partial charge < -0.3 is 25.7 Å². The molecule has 0 radical (unpaired) electrons. The fraction of sp³-hybridized carbons (Fsp3) is 0.360. The van der Waals surface area contributed by atoms with Gasteiger partial charge in [0, 0.05) is 56.1 Å². The van der Waals surface area contributed by atoms with Crippen LogP contribution in [0.2, 0.25) is 0 Å². The highest BCUT2D eigenvalue weighted by molar-refractivity contribution is 6.03. The summed E-state index contributed by atoms with van der Waals surface area (Å²) in [4.78, 5) is 32.4. The molecule has 1 aliphatic rings. The molecule has 2 amide bonds. The normalized spacial score (nSPS) is 15.7.